The molecule has 3 N–H and O–H groups in total. The molecular formula is C33H39N5O4S. The summed E-state index contributed by atoms with van der Waals surface area (Å²) in [5.41, 5.74) is 3.17. The van der Waals surface area contributed by atoms with Crippen LogP contribution >= 0.6 is 11.3 Å². The minimum Gasteiger partial charge on any atom is -0.389 e. The van der Waals surface area contributed by atoms with E-state index in [-0.39, 0.29) is 29.8 Å². The summed E-state index contributed by atoms with van der Waals surface area (Å²) in [6.45, 7) is 3.94. The van der Waals surface area contributed by atoms with Crippen molar-refractivity contribution in [3.8, 4) is 0 Å². The summed E-state index contributed by atoms with van der Waals surface area (Å²) in [7, 11) is 0. The number of thiazole rings is 1. The Balaban J connectivity index is 1.30. The Morgan fingerprint density at radius 3 is 2.60 bits per heavy atom. The summed E-state index contributed by atoms with van der Waals surface area (Å²) in [4.78, 5) is 48.8. The number of aryl methyl sites for hydroxylation is 1. The highest BCUT2D eigenvalue weighted by Gasteiger charge is 2.35. The first kappa shape index (κ1) is 29.5. The highest BCUT2D eigenvalue weighted by molar-refractivity contribution is 7.09. The van der Waals surface area contributed by atoms with Crippen molar-refractivity contribution < 1.29 is 19.5 Å². The molecule has 0 saturated carbocycles. The van der Waals surface area contributed by atoms with Crippen LogP contribution in [0.2, 0.25) is 0 Å². The molecular weight excluding hydrogens is 562 g/mol. The fourth-order valence-electron chi connectivity index (χ4n) is 6.56. The molecule has 2 aromatic carbocycles. The molecule has 1 aromatic heterocycles. The fraction of sp³-hybridized carbons (Fsp3) is 0.455. The second-order valence-corrected chi connectivity index (χ2v) is 12.8. The lowest BCUT2D eigenvalue weighted by Crippen LogP contribution is -2.52. The topological polar surface area (TPSA) is 115 Å². The quantitative estimate of drug-likeness (QED) is 0.342. The van der Waals surface area contributed by atoms with Crippen LogP contribution in [0.4, 0.5) is 5.69 Å². The van der Waals surface area contributed by atoms with Crippen LogP contribution in [0, 0.1) is 6.92 Å². The van der Waals surface area contributed by atoms with Crippen LogP contribution in [-0.4, -0.2) is 70.5 Å². The maximum atomic E-state index is 14.0. The van der Waals surface area contributed by atoms with Crippen molar-refractivity contribution >= 4 is 34.7 Å². The molecule has 0 aliphatic carbocycles. The van der Waals surface area contributed by atoms with E-state index in [1.807, 2.05) is 47.5 Å². The van der Waals surface area contributed by atoms with Crippen molar-refractivity contribution in [1.29, 1.82) is 0 Å². The van der Waals surface area contributed by atoms with Gasteiger partial charge < -0.3 is 25.5 Å². The molecule has 6 rings (SSSR count). The highest BCUT2D eigenvalue weighted by Crippen LogP contribution is 2.35. The Labute approximate surface area is 256 Å². The smallest absolute Gasteiger partial charge is 0.254 e. The Morgan fingerprint density at radius 1 is 1.09 bits per heavy atom. The van der Waals surface area contributed by atoms with E-state index in [9.17, 15) is 19.5 Å². The highest BCUT2D eigenvalue weighted by atomic mass is 32.1. The molecule has 0 unspecified atom stereocenters. The van der Waals surface area contributed by atoms with Crippen LogP contribution in [0.5, 0.6) is 0 Å². The number of rotatable bonds is 9. The maximum absolute atomic E-state index is 14.0. The second-order valence-electron chi connectivity index (χ2n) is 11.9. The summed E-state index contributed by atoms with van der Waals surface area (Å²) in [6.07, 6.45) is 4.37. The largest absolute Gasteiger partial charge is 0.389 e. The van der Waals surface area contributed by atoms with Gasteiger partial charge in [-0.25, -0.2) is 4.98 Å². The monoisotopic (exact) mass is 601 g/mol. The van der Waals surface area contributed by atoms with Gasteiger partial charge in [0.05, 0.1) is 18.2 Å². The summed E-state index contributed by atoms with van der Waals surface area (Å²) in [5.74, 6) is -0.569. The zero-order valence-corrected chi connectivity index (χ0v) is 25.3. The molecule has 0 spiro atoms. The number of hydrogen-bond donors (Lipinski definition) is 3. The first-order valence-corrected chi connectivity index (χ1v) is 16.2. The molecule has 0 radical (unpaired) electrons. The number of aromatic nitrogens is 1. The standard InChI is InChI=1S/C33H39N5O4S/c1-21-20-43-32(35-21)28-11-6-15-38(28)33(42)24-17-23(18-25(19-24)37-14-7-12-29(37)39)31(41)36-27(16-22-8-3-2-4-9-22)30(40)26-10-5-13-34-26/h2-4,8-9,17-20,26-28,30,34,40H,5-7,10-16H2,1H3,(H,36,41)/t26-,27+,28-,30+/m1/s1. The predicted octanol–water partition coefficient (Wildman–Crippen LogP) is 4.01. The number of aliphatic hydroxyl groups is 1. The lowest BCUT2D eigenvalue weighted by molar-refractivity contribution is -0.117. The van der Waals surface area contributed by atoms with Gasteiger partial charge in [0.25, 0.3) is 11.8 Å². The van der Waals surface area contributed by atoms with E-state index in [1.54, 1.807) is 34.4 Å². The fourth-order valence-corrected chi connectivity index (χ4v) is 7.50. The van der Waals surface area contributed by atoms with E-state index in [1.165, 1.54) is 0 Å². The molecule has 226 valence electrons. The van der Waals surface area contributed by atoms with Gasteiger partial charge in [-0.15, -0.1) is 11.3 Å². The first-order valence-electron chi connectivity index (χ1n) is 15.3. The number of amides is 3. The molecule has 0 bridgehead atoms. The van der Waals surface area contributed by atoms with E-state index in [0.29, 0.717) is 42.7 Å². The summed E-state index contributed by atoms with van der Waals surface area (Å²) >= 11 is 1.56. The SMILES string of the molecule is Cc1csc([C@H]2CCCN2C(=O)c2cc(C(=O)N[C@@H](Cc3ccccc3)[C@@H](O)[C@H]3CCCN3)cc(N3CCCC3=O)c2)n1. The second kappa shape index (κ2) is 13.0. The normalized spacial score (nSPS) is 21.8. The van der Waals surface area contributed by atoms with Crippen molar-refractivity contribution in [2.75, 3.05) is 24.5 Å². The Hall–Kier alpha value is -3.60. The van der Waals surface area contributed by atoms with Gasteiger partial charge in [0.1, 0.15) is 5.01 Å². The number of anilines is 1. The molecule has 3 fully saturated rings. The third-order valence-electron chi connectivity index (χ3n) is 8.79. The van der Waals surface area contributed by atoms with Crippen LogP contribution in [-0.2, 0) is 11.2 Å². The third kappa shape index (κ3) is 6.51. The van der Waals surface area contributed by atoms with Crippen molar-refractivity contribution in [2.24, 2.45) is 0 Å². The zero-order chi connectivity index (χ0) is 29.9. The van der Waals surface area contributed by atoms with E-state index in [0.717, 1.165) is 54.9 Å². The van der Waals surface area contributed by atoms with Crippen molar-refractivity contribution in [3.05, 3.63) is 81.3 Å². The minimum atomic E-state index is -0.789. The van der Waals surface area contributed by atoms with Crippen LogP contribution in [0.25, 0.3) is 0 Å². The molecule has 4 atom stereocenters. The van der Waals surface area contributed by atoms with Gasteiger partial charge in [0, 0.05) is 53.4 Å². The van der Waals surface area contributed by atoms with Crippen LogP contribution < -0.4 is 15.5 Å². The van der Waals surface area contributed by atoms with E-state index in [4.69, 9.17) is 0 Å². The summed E-state index contributed by atoms with van der Waals surface area (Å²) in [5, 5.41) is 20.7. The molecule has 9 nitrogen and oxygen atoms in total. The van der Waals surface area contributed by atoms with Crippen LogP contribution in [0.1, 0.15) is 81.5 Å². The molecule has 43 heavy (non-hydrogen) atoms. The number of benzene rings is 2. The zero-order valence-electron chi connectivity index (χ0n) is 24.5. The molecule has 3 saturated heterocycles. The van der Waals surface area contributed by atoms with Gasteiger partial charge in [0.15, 0.2) is 0 Å². The number of carbonyl (C=O) groups is 3. The van der Waals surface area contributed by atoms with Gasteiger partial charge in [-0.3, -0.25) is 14.4 Å². The van der Waals surface area contributed by atoms with Gasteiger partial charge in [-0.1, -0.05) is 30.3 Å². The third-order valence-corrected chi connectivity index (χ3v) is 9.85. The van der Waals surface area contributed by atoms with E-state index < -0.39 is 12.1 Å². The Bertz CT molecular complexity index is 1470. The molecule has 10 heteroatoms. The lowest BCUT2D eigenvalue weighted by atomic mass is 9.95. The van der Waals surface area contributed by atoms with Crippen molar-refractivity contribution in [2.45, 2.75) is 76.1 Å². The van der Waals surface area contributed by atoms with Crippen molar-refractivity contribution in [1.82, 2.24) is 20.5 Å². The number of nitrogens with zero attached hydrogens (tertiary/aromatic N) is 3. The van der Waals surface area contributed by atoms with Crippen molar-refractivity contribution in [3.63, 3.8) is 0 Å². The molecule has 3 amide bonds. The number of carbonyl (C=O) groups excluding carboxylic acids is 3. The van der Waals surface area contributed by atoms with Crippen LogP contribution in [0.15, 0.2) is 53.9 Å². The van der Waals surface area contributed by atoms with E-state index in [2.05, 4.69) is 15.6 Å². The molecule has 3 aromatic rings. The number of nitrogens with one attached hydrogen (secondary N) is 2. The predicted molar refractivity (Wildman–Crippen MR) is 166 cm³/mol. The van der Waals surface area contributed by atoms with Gasteiger partial charge in [0.2, 0.25) is 5.91 Å². The number of likely N-dealkylation sites (tertiary alicyclic amines) is 1. The maximum Gasteiger partial charge on any atom is 0.254 e. The van der Waals surface area contributed by atoms with Gasteiger partial charge >= 0.3 is 0 Å². The molecule has 3 aliphatic heterocycles. The lowest BCUT2D eigenvalue weighted by Gasteiger charge is -2.29. The first-order chi connectivity index (χ1) is 20.9. The molecule has 4 heterocycles. The van der Waals surface area contributed by atoms with Gasteiger partial charge in [-0.05, 0) is 75.8 Å². The Morgan fingerprint density at radius 2 is 1.91 bits per heavy atom. The number of hydrogen-bond acceptors (Lipinski definition) is 7. The minimum absolute atomic E-state index is 0.0158. The number of aliphatic hydroxyl groups excluding tert-OH is 1. The average Bonchev–Trinajstić information content (AvgIpc) is 3.84. The summed E-state index contributed by atoms with van der Waals surface area (Å²) < 4.78 is 0. The van der Waals surface area contributed by atoms with Crippen LogP contribution in [0.3, 0.4) is 0 Å². The average molecular weight is 602 g/mol. The van der Waals surface area contributed by atoms with Gasteiger partial charge in [-0.2, -0.15) is 0 Å². The summed E-state index contributed by atoms with van der Waals surface area (Å²) in [6, 6.07) is 14.1. The van der Waals surface area contributed by atoms with E-state index >= 15 is 0 Å². The Kier molecular flexibility index (Phi) is 8.88. The molecule has 3 aliphatic rings.